The molecule has 1 fully saturated rings. The minimum atomic E-state index is -0.560. The summed E-state index contributed by atoms with van der Waals surface area (Å²) in [5.41, 5.74) is 0.800. The van der Waals surface area contributed by atoms with Gasteiger partial charge in [0.2, 0.25) is 0 Å². The summed E-state index contributed by atoms with van der Waals surface area (Å²) in [7, 11) is 0.800. The molecule has 5 nitrogen and oxygen atoms in total. The molecule has 0 atom stereocenters. The van der Waals surface area contributed by atoms with Crippen LogP contribution in [0, 0.1) is 0 Å². The summed E-state index contributed by atoms with van der Waals surface area (Å²) in [6.45, 7) is 7.98. The van der Waals surface area contributed by atoms with Crippen LogP contribution in [0.25, 0.3) is 10.9 Å². The average Bonchev–Trinajstić information content (AvgIpc) is 2.73. The standard InChI is InChI=1S/C17H20BNO4/c1-16(2)17(3,4)23-18(22-16)13-10-9-11-7-6-8-12(14(11)19-13)15(20)21-5/h6-10H,1-5H3. The number of nitrogens with zero attached hydrogens (tertiary/aromatic N) is 1. The monoisotopic (exact) mass is 313 g/mol. The zero-order chi connectivity index (χ0) is 16.8. The maximum absolute atomic E-state index is 11.9. The van der Waals surface area contributed by atoms with Crippen molar-refractivity contribution >= 4 is 29.6 Å². The molecule has 0 radical (unpaired) electrons. The molecule has 1 aromatic carbocycles. The third kappa shape index (κ3) is 2.62. The molecule has 0 bridgehead atoms. The molecule has 2 aromatic rings. The second kappa shape index (κ2) is 5.32. The van der Waals surface area contributed by atoms with Crippen molar-refractivity contribution in [3.8, 4) is 0 Å². The van der Waals surface area contributed by atoms with Gasteiger partial charge in [-0.05, 0) is 39.8 Å². The van der Waals surface area contributed by atoms with Gasteiger partial charge < -0.3 is 14.0 Å². The van der Waals surface area contributed by atoms with Gasteiger partial charge >= 0.3 is 13.1 Å². The Morgan fingerprint density at radius 1 is 1.09 bits per heavy atom. The van der Waals surface area contributed by atoms with Crippen molar-refractivity contribution in [3.05, 3.63) is 35.9 Å². The Kier molecular flexibility index (Phi) is 3.69. The zero-order valence-electron chi connectivity index (χ0n) is 14.0. The lowest BCUT2D eigenvalue weighted by Gasteiger charge is -2.32. The summed E-state index contributed by atoms with van der Waals surface area (Å²) in [4.78, 5) is 16.5. The van der Waals surface area contributed by atoms with E-state index in [1.165, 1.54) is 7.11 Å². The molecule has 0 aliphatic carbocycles. The van der Waals surface area contributed by atoms with Gasteiger partial charge in [-0.3, -0.25) is 4.98 Å². The first-order chi connectivity index (χ1) is 10.7. The summed E-state index contributed by atoms with van der Waals surface area (Å²) in [5.74, 6) is -0.408. The van der Waals surface area contributed by atoms with Crippen molar-refractivity contribution in [2.75, 3.05) is 7.11 Å². The van der Waals surface area contributed by atoms with Crippen LogP contribution in [0.2, 0.25) is 0 Å². The van der Waals surface area contributed by atoms with Gasteiger partial charge in [-0.25, -0.2) is 4.79 Å². The summed E-state index contributed by atoms with van der Waals surface area (Å²) < 4.78 is 16.9. The van der Waals surface area contributed by atoms with Gasteiger partial charge in [0.15, 0.2) is 0 Å². The molecule has 0 spiro atoms. The molecule has 1 aliphatic rings. The first-order valence-electron chi connectivity index (χ1n) is 7.59. The number of methoxy groups -OCH3 is 1. The largest absolute Gasteiger partial charge is 0.514 e. The lowest BCUT2D eigenvalue weighted by Crippen LogP contribution is -2.41. The quantitative estimate of drug-likeness (QED) is 0.629. The maximum Gasteiger partial charge on any atom is 0.514 e. The zero-order valence-corrected chi connectivity index (χ0v) is 14.0. The molecule has 0 unspecified atom stereocenters. The Labute approximate surface area is 136 Å². The number of fused-ring (bicyclic) bond motifs is 1. The van der Waals surface area contributed by atoms with E-state index in [0.717, 1.165) is 5.39 Å². The molecule has 1 aliphatic heterocycles. The predicted octanol–water partition coefficient (Wildman–Crippen LogP) is 2.32. The van der Waals surface area contributed by atoms with E-state index in [2.05, 4.69) is 4.98 Å². The number of hydrogen-bond donors (Lipinski definition) is 0. The molecule has 0 saturated carbocycles. The molecular weight excluding hydrogens is 293 g/mol. The number of para-hydroxylation sites is 1. The minimum absolute atomic E-state index is 0.408. The average molecular weight is 313 g/mol. The topological polar surface area (TPSA) is 57.7 Å². The predicted molar refractivity (Wildman–Crippen MR) is 88.8 cm³/mol. The first-order valence-corrected chi connectivity index (χ1v) is 7.59. The number of rotatable bonds is 2. The number of carbonyl (C=O) groups excluding carboxylic acids is 1. The van der Waals surface area contributed by atoms with Gasteiger partial charge in [0.05, 0.1) is 35.0 Å². The Hall–Kier alpha value is -1.92. The van der Waals surface area contributed by atoms with Gasteiger partial charge in [-0.2, -0.15) is 0 Å². The van der Waals surface area contributed by atoms with E-state index in [1.807, 2.05) is 52.0 Å². The lowest BCUT2D eigenvalue weighted by molar-refractivity contribution is 0.00578. The van der Waals surface area contributed by atoms with E-state index >= 15 is 0 Å². The molecule has 3 rings (SSSR count). The number of benzene rings is 1. The van der Waals surface area contributed by atoms with Crippen LogP contribution in [-0.4, -0.2) is 36.4 Å². The van der Waals surface area contributed by atoms with Crippen LogP contribution in [0.3, 0.4) is 0 Å². The van der Waals surface area contributed by atoms with E-state index in [9.17, 15) is 4.79 Å². The smallest absolute Gasteiger partial charge is 0.465 e. The van der Waals surface area contributed by atoms with Gasteiger partial charge in [-0.1, -0.05) is 18.2 Å². The third-order valence-corrected chi connectivity index (χ3v) is 4.64. The van der Waals surface area contributed by atoms with Crippen LogP contribution in [0.5, 0.6) is 0 Å². The number of carbonyl (C=O) groups is 1. The summed E-state index contributed by atoms with van der Waals surface area (Å²) in [6.07, 6.45) is 0. The first kappa shape index (κ1) is 16.0. The maximum atomic E-state index is 11.9. The van der Waals surface area contributed by atoms with E-state index in [0.29, 0.717) is 16.7 Å². The molecular formula is C17H20BNO4. The van der Waals surface area contributed by atoms with Crippen molar-refractivity contribution < 1.29 is 18.8 Å². The van der Waals surface area contributed by atoms with Gasteiger partial charge in [-0.15, -0.1) is 0 Å². The fourth-order valence-electron chi connectivity index (χ4n) is 2.53. The van der Waals surface area contributed by atoms with Crippen molar-refractivity contribution in [3.63, 3.8) is 0 Å². The van der Waals surface area contributed by atoms with E-state index in [1.54, 1.807) is 6.07 Å². The van der Waals surface area contributed by atoms with Crippen LogP contribution in [0.1, 0.15) is 38.1 Å². The summed E-state index contributed by atoms with van der Waals surface area (Å²) in [5, 5.41) is 0.869. The Morgan fingerprint density at radius 3 is 2.35 bits per heavy atom. The molecule has 2 heterocycles. The minimum Gasteiger partial charge on any atom is -0.465 e. The SMILES string of the molecule is COC(=O)c1cccc2ccc(B3OC(C)(C)C(C)(C)O3)nc12. The molecule has 0 N–H and O–H groups in total. The molecule has 1 saturated heterocycles. The molecule has 120 valence electrons. The Bertz CT molecular complexity index is 756. The van der Waals surface area contributed by atoms with Crippen LogP contribution in [0.15, 0.2) is 30.3 Å². The van der Waals surface area contributed by atoms with Crippen LogP contribution in [-0.2, 0) is 14.0 Å². The van der Waals surface area contributed by atoms with Crippen molar-refractivity contribution in [2.24, 2.45) is 0 Å². The van der Waals surface area contributed by atoms with Gasteiger partial charge in [0, 0.05) is 5.39 Å². The fourth-order valence-corrected chi connectivity index (χ4v) is 2.53. The summed E-state index contributed by atoms with van der Waals surface area (Å²) >= 11 is 0. The number of hydrogen-bond acceptors (Lipinski definition) is 5. The Balaban J connectivity index is 2.06. The third-order valence-electron chi connectivity index (χ3n) is 4.64. The Morgan fingerprint density at radius 2 is 1.74 bits per heavy atom. The number of ether oxygens (including phenoxy) is 1. The molecule has 23 heavy (non-hydrogen) atoms. The molecule has 1 aromatic heterocycles. The second-order valence-corrected chi connectivity index (χ2v) is 6.69. The van der Waals surface area contributed by atoms with Gasteiger partial charge in [0.25, 0.3) is 0 Å². The lowest BCUT2D eigenvalue weighted by atomic mass is 9.83. The van der Waals surface area contributed by atoms with Crippen LogP contribution in [0.4, 0.5) is 0 Å². The number of aromatic nitrogens is 1. The van der Waals surface area contributed by atoms with E-state index in [-0.39, 0.29) is 0 Å². The molecule has 0 amide bonds. The highest BCUT2D eigenvalue weighted by atomic mass is 16.7. The highest BCUT2D eigenvalue weighted by Gasteiger charge is 2.52. The second-order valence-electron chi connectivity index (χ2n) is 6.69. The number of pyridine rings is 1. The highest BCUT2D eigenvalue weighted by Crippen LogP contribution is 2.36. The van der Waals surface area contributed by atoms with Crippen molar-refractivity contribution in [2.45, 2.75) is 38.9 Å². The normalized spacial score (nSPS) is 19.1. The van der Waals surface area contributed by atoms with Gasteiger partial charge in [0.1, 0.15) is 0 Å². The fraction of sp³-hybridized carbons (Fsp3) is 0.412. The van der Waals surface area contributed by atoms with Crippen molar-refractivity contribution in [1.82, 2.24) is 4.98 Å². The van der Waals surface area contributed by atoms with E-state index < -0.39 is 24.3 Å². The highest BCUT2D eigenvalue weighted by molar-refractivity contribution is 6.61. The number of esters is 1. The van der Waals surface area contributed by atoms with Crippen LogP contribution >= 0.6 is 0 Å². The van der Waals surface area contributed by atoms with Crippen LogP contribution < -0.4 is 5.59 Å². The molecule has 6 heteroatoms. The van der Waals surface area contributed by atoms with E-state index in [4.69, 9.17) is 14.0 Å². The summed E-state index contributed by atoms with van der Waals surface area (Å²) in [6, 6.07) is 9.20. The van der Waals surface area contributed by atoms with Crippen molar-refractivity contribution in [1.29, 1.82) is 0 Å².